The molecule has 0 aromatic heterocycles. The highest BCUT2D eigenvalue weighted by molar-refractivity contribution is 6.01. The van der Waals surface area contributed by atoms with Crippen LogP contribution in [0.5, 0.6) is 0 Å². The van der Waals surface area contributed by atoms with E-state index in [0.717, 1.165) is 0 Å². The number of hydrogen-bond donors (Lipinski definition) is 3. The van der Waals surface area contributed by atoms with Gasteiger partial charge in [-0.1, -0.05) is 30.7 Å². The number of ketones is 2. The summed E-state index contributed by atoms with van der Waals surface area (Å²) < 4.78 is 33.8. The number of anilines is 1. The highest BCUT2D eigenvalue weighted by Gasteiger charge is 2.81. The molecule has 4 aliphatic carbocycles. The van der Waals surface area contributed by atoms with Crippen LogP contribution < -0.4 is 11.1 Å². The van der Waals surface area contributed by atoms with Crippen molar-refractivity contribution in [3.63, 3.8) is 0 Å². The quantitative estimate of drug-likeness (QED) is 0.403. The van der Waals surface area contributed by atoms with Crippen LogP contribution >= 0.6 is 0 Å². The highest BCUT2D eigenvalue weighted by atomic mass is 19.1. The van der Waals surface area contributed by atoms with Crippen LogP contribution in [0, 0.1) is 28.6 Å². The maximum atomic E-state index is 17.4. The second kappa shape index (κ2) is 10.3. The van der Waals surface area contributed by atoms with E-state index in [9.17, 15) is 24.3 Å². The van der Waals surface area contributed by atoms with Gasteiger partial charge in [-0.05, 0) is 74.3 Å². The molecule has 6 rings (SSSR count). The van der Waals surface area contributed by atoms with Crippen LogP contribution in [0.4, 0.5) is 14.9 Å². The topological polar surface area (TPSA) is 154 Å². The molecule has 1 aliphatic heterocycles. The number of carbonyl (C=O) groups is 4. The summed E-state index contributed by atoms with van der Waals surface area (Å²) >= 11 is 0. The van der Waals surface area contributed by atoms with Gasteiger partial charge in [-0.3, -0.25) is 14.4 Å². The minimum atomic E-state index is -1.99. The molecule has 3 saturated carbocycles. The molecule has 1 aromatic carbocycles. The number of aliphatic hydroxyl groups excluding tert-OH is 1. The summed E-state index contributed by atoms with van der Waals surface area (Å²) in [4.78, 5) is 49.6. The number of halogens is 1. The lowest BCUT2D eigenvalue weighted by Gasteiger charge is -2.67. The number of fused-ring (bicyclic) bond motifs is 4. The average molecular weight is 597 g/mol. The molecule has 1 saturated heterocycles. The maximum Gasteiger partial charge on any atom is 0.509 e. The molecule has 1 aromatic rings. The van der Waals surface area contributed by atoms with Crippen LogP contribution in [0.25, 0.3) is 0 Å². The summed E-state index contributed by atoms with van der Waals surface area (Å²) in [5.41, 5.74) is 2.01. The fraction of sp³-hybridized carbons (Fsp3) is 0.562. The molecular formula is C32H37FN2O8. The van der Waals surface area contributed by atoms with Crippen molar-refractivity contribution in [1.29, 1.82) is 0 Å². The Morgan fingerprint density at radius 2 is 1.93 bits per heavy atom. The predicted molar refractivity (Wildman–Crippen MR) is 151 cm³/mol. The van der Waals surface area contributed by atoms with E-state index >= 15 is 4.39 Å². The third-order valence-corrected chi connectivity index (χ3v) is 11.0. The zero-order chi connectivity index (χ0) is 30.8. The van der Waals surface area contributed by atoms with E-state index in [0.29, 0.717) is 36.1 Å². The fourth-order valence-electron chi connectivity index (χ4n) is 8.98. The number of ether oxygens (including phenoxy) is 3. The molecule has 0 radical (unpaired) electrons. The number of rotatable bonds is 7. The normalized spacial score (nSPS) is 38.8. The van der Waals surface area contributed by atoms with Gasteiger partial charge in [-0.25, -0.2) is 9.18 Å². The van der Waals surface area contributed by atoms with Gasteiger partial charge in [-0.15, -0.1) is 0 Å². The molecule has 1 amide bonds. The first-order valence-electron chi connectivity index (χ1n) is 14.8. The van der Waals surface area contributed by atoms with Gasteiger partial charge in [-0.2, -0.15) is 0 Å². The number of nitrogens with one attached hydrogen (secondary N) is 1. The van der Waals surface area contributed by atoms with E-state index in [2.05, 4.69) is 5.32 Å². The van der Waals surface area contributed by atoms with Crippen LogP contribution in [-0.4, -0.2) is 65.9 Å². The molecule has 5 aliphatic rings. The maximum absolute atomic E-state index is 17.4. The number of benzene rings is 1. The van der Waals surface area contributed by atoms with Gasteiger partial charge in [0, 0.05) is 22.4 Å². The van der Waals surface area contributed by atoms with Crippen molar-refractivity contribution in [3.8, 4) is 0 Å². The third-order valence-electron chi connectivity index (χ3n) is 11.0. The van der Waals surface area contributed by atoms with E-state index in [1.165, 1.54) is 12.2 Å². The first-order chi connectivity index (χ1) is 20.4. The van der Waals surface area contributed by atoms with Gasteiger partial charge in [0.15, 0.2) is 18.1 Å². The Kier molecular flexibility index (Phi) is 7.14. The molecule has 1 spiro atoms. The lowest BCUT2D eigenvalue weighted by Crippen LogP contribution is -2.76. The Hall–Kier alpha value is -3.41. The number of Topliss-reactive ketones (excluding diaryl/α,β-unsaturated/α-hetero) is 1. The van der Waals surface area contributed by atoms with Gasteiger partial charge < -0.3 is 30.4 Å². The second-order valence-corrected chi connectivity index (χ2v) is 12.9. The number of carbonyl (C=O) groups excluding carboxylic acids is 4. The van der Waals surface area contributed by atoms with Crippen molar-refractivity contribution >= 4 is 29.3 Å². The van der Waals surface area contributed by atoms with Crippen LogP contribution in [-0.2, 0) is 35.2 Å². The summed E-state index contributed by atoms with van der Waals surface area (Å²) in [5.74, 6) is -1.95. The van der Waals surface area contributed by atoms with Crippen molar-refractivity contribution in [2.45, 2.75) is 63.5 Å². The molecule has 43 heavy (non-hydrogen) atoms. The van der Waals surface area contributed by atoms with E-state index in [1.54, 1.807) is 37.3 Å². The number of aliphatic hydroxyl groups is 1. The Morgan fingerprint density at radius 3 is 2.60 bits per heavy atom. The summed E-state index contributed by atoms with van der Waals surface area (Å²) in [6, 6.07) is 6.62. The number of amides is 1. The minimum Gasteiger partial charge on any atom is -0.429 e. The van der Waals surface area contributed by atoms with Gasteiger partial charge in [0.2, 0.25) is 11.7 Å². The van der Waals surface area contributed by atoms with Gasteiger partial charge in [0.25, 0.3) is 0 Å². The molecule has 4 fully saturated rings. The van der Waals surface area contributed by atoms with Crippen molar-refractivity contribution < 1.29 is 42.9 Å². The standard InChI is InChI=1S/C32H37FN2O8/c1-18-11-24-23-8-5-20-12-22(36)9-10-29(20,2)31(23,33)25(37)13-30(24)17-43-32(18,30)26(38)16-42-28(40)41-15-19-3-6-21(7-4-19)35-27(39)14-34/h3-4,6-7,9-10,12,18,23-25,37H,5,8,11,13-17,34H2,1-2H3,(H,35,39)/t18-,23+,24+,25+,29+,30-,31+,32+/m1/s1. The Labute approximate surface area is 248 Å². The minimum absolute atomic E-state index is 0.0393. The predicted octanol–water partition coefficient (Wildman–Crippen LogP) is 3.17. The van der Waals surface area contributed by atoms with Crippen LogP contribution in [0.15, 0.2) is 48.1 Å². The van der Waals surface area contributed by atoms with Crippen LogP contribution in [0.2, 0.25) is 0 Å². The summed E-state index contributed by atoms with van der Waals surface area (Å²) in [6.45, 7) is 3.06. The zero-order valence-electron chi connectivity index (χ0n) is 24.3. The van der Waals surface area contributed by atoms with Crippen LogP contribution in [0.3, 0.4) is 0 Å². The SMILES string of the molecule is C[C@@H]1C[C@H]2[C@@H]3CCC4=CC(=O)C=C[C@]4(C)[C@@]3(F)[C@@H](O)C[C@@]23CO[C@]13C(=O)COC(=O)OCc1ccc(NC(=O)CN)cc1. The summed E-state index contributed by atoms with van der Waals surface area (Å²) in [5, 5.41) is 14.1. The monoisotopic (exact) mass is 596 g/mol. The number of alkyl halides is 1. The van der Waals surface area contributed by atoms with E-state index in [1.807, 2.05) is 6.92 Å². The molecule has 0 unspecified atom stereocenters. The van der Waals surface area contributed by atoms with E-state index in [-0.39, 0.29) is 49.7 Å². The molecular weight excluding hydrogens is 559 g/mol. The van der Waals surface area contributed by atoms with Crippen molar-refractivity contribution in [2.24, 2.45) is 34.3 Å². The Morgan fingerprint density at radius 1 is 1.19 bits per heavy atom. The Balaban J connectivity index is 1.13. The fourth-order valence-corrected chi connectivity index (χ4v) is 8.98. The summed E-state index contributed by atoms with van der Waals surface area (Å²) in [7, 11) is 0. The first kappa shape index (κ1) is 29.7. The van der Waals surface area contributed by atoms with Crippen molar-refractivity contribution in [1.82, 2.24) is 0 Å². The van der Waals surface area contributed by atoms with Gasteiger partial charge >= 0.3 is 6.16 Å². The lowest BCUT2D eigenvalue weighted by molar-refractivity contribution is -0.309. The van der Waals surface area contributed by atoms with E-state index < -0.39 is 52.7 Å². The average Bonchev–Trinajstić information content (AvgIpc) is 3.14. The first-order valence-corrected chi connectivity index (χ1v) is 14.8. The smallest absolute Gasteiger partial charge is 0.429 e. The van der Waals surface area contributed by atoms with Crippen LogP contribution in [0.1, 0.15) is 45.1 Å². The largest absolute Gasteiger partial charge is 0.509 e. The molecule has 4 N–H and O–H groups in total. The second-order valence-electron chi connectivity index (χ2n) is 12.9. The van der Waals surface area contributed by atoms with E-state index in [4.69, 9.17) is 19.9 Å². The number of allylic oxidation sites excluding steroid dienone is 4. The molecule has 0 bridgehead atoms. The molecule has 1 heterocycles. The Bertz CT molecular complexity index is 1430. The molecule has 8 atom stereocenters. The zero-order valence-corrected chi connectivity index (χ0v) is 24.3. The van der Waals surface area contributed by atoms with Gasteiger partial charge in [0.1, 0.15) is 12.2 Å². The van der Waals surface area contributed by atoms with Gasteiger partial charge in [0.05, 0.1) is 19.3 Å². The molecule has 11 heteroatoms. The summed E-state index contributed by atoms with van der Waals surface area (Å²) in [6.07, 6.45) is 3.68. The highest BCUT2D eigenvalue weighted by Crippen LogP contribution is 2.74. The van der Waals surface area contributed by atoms with Crippen molar-refractivity contribution in [3.05, 3.63) is 53.6 Å². The lowest BCUT2D eigenvalue weighted by atomic mass is 9.43. The molecule has 10 nitrogen and oxygen atoms in total. The number of hydrogen-bond acceptors (Lipinski definition) is 9. The molecule has 230 valence electrons. The van der Waals surface area contributed by atoms with Crippen molar-refractivity contribution in [2.75, 3.05) is 25.1 Å². The number of nitrogens with two attached hydrogens (primary N) is 1. The third kappa shape index (κ3) is 4.15.